The van der Waals surface area contributed by atoms with Crippen LogP contribution in [0.15, 0.2) is 36.0 Å². The maximum atomic E-state index is 11.7. The Labute approximate surface area is 127 Å². The molecular formula is C14H15ClN4O2. The van der Waals surface area contributed by atoms with Crippen LogP contribution in [0.1, 0.15) is 16.8 Å². The second-order valence-corrected chi connectivity index (χ2v) is 4.40. The molecule has 0 atom stereocenters. The van der Waals surface area contributed by atoms with Crippen LogP contribution >= 0.6 is 11.6 Å². The molecule has 6 nitrogen and oxygen atoms in total. The van der Waals surface area contributed by atoms with Gasteiger partial charge in [0.25, 0.3) is 11.8 Å². The molecule has 2 amide bonds. The summed E-state index contributed by atoms with van der Waals surface area (Å²) in [5.41, 5.74) is 5.82. The average molecular weight is 307 g/mol. The minimum atomic E-state index is -0.600. The van der Waals surface area contributed by atoms with Gasteiger partial charge in [-0.1, -0.05) is 12.1 Å². The number of benzene rings is 1. The fourth-order valence-corrected chi connectivity index (χ4v) is 1.62. The summed E-state index contributed by atoms with van der Waals surface area (Å²) in [7, 11) is 0. The van der Waals surface area contributed by atoms with E-state index in [1.807, 2.05) is 0 Å². The van der Waals surface area contributed by atoms with Crippen LogP contribution in [0.25, 0.3) is 0 Å². The van der Waals surface area contributed by atoms with Crippen LogP contribution in [0.4, 0.5) is 5.69 Å². The Morgan fingerprint density at radius 1 is 1.38 bits per heavy atom. The van der Waals surface area contributed by atoms with Crippen LogP contribution in [0.2, 0.25) is 0 Å². The molecule has 7 heteroatoms. The Hall–Kier alpha value is -2.52. The van der Waals surface area contributed by atoms with E-state index in [1.54, 1.807) is 30.3 Å². The molecule has 0 aromatic heterocycles. The number of rotatable bonds is 7. The number of amides is 2. The summed E-state index contributed by atoms with van der Waals surface area (Å²) in [5, 5.41) is 14.3. The van der Waals surface area contributed by atoms with Crippen molar-refractivity contribution in [1.82, 2.24) is 5.32 Å². The Morgan fingerprint density at radius 2 is 2.10 bits per heavy atom. The third-order valence-corrected chi connectivity index (χ3v) is 2.79. The number of alkyl halides is 1. The van der Waals surface area contributed by atoms with Crippen LogP contribution in [0, 0.1) is 11.3 Å². The molecule has 0 unspecified atom stereocenters. The first-order valence-corrected chi connectivity index (χ1v) is 6.73. The molecule has 0 saturated heterocycles. The Morgan fingerprint density at radius 3 is 2.71 bits per heavy atom. The van der Waals surface area contributed by atoms with E-state index in [0.29, 0.717) is 24.5 Å². The number of carbonyl (C=O) groups excluding carboxylic acids is 2. The van der Waals surface area contributed by atoms with Crippen LogP contribution in [-0.4, -0.2) is 24.2 Å². The predicted octanol–water partition coefficient (Wildman–Crippen LogP) is 1.35. The summed E-state index contributed by atoms with van der Waals surface area (Å²) < 4.78 is 0. The van der Waals surface area contributed by atoms with E-state index in [4.69, 9.17) is 22.6 Å². The molecule has 0 heterocycles. The van der Waals surface area contributed by atoms with Gasteiger partial charge in [-0.15, -0.1) is 11.6 Å². The molecule has 0 fully saturated rings. The lowest BCUT2D eigenvalue weighted by Crippen LogP contribution is -2.26. The minimum Gasteiger partial charge on any atom is -0.366 e. The summed E-state index contributed by atoms with van der Waals surface area (Å²) in [6.07, 6.45) is 1.85. The fraction of sp³-hybridized carbons (Fsp3) is 0.214. The zero-order valence-corrected chi connectivity index (χ0v) is 12.0. The van der Waals surface area contributed by atoms with Gasteiger partial charge in [0, 0.05) is 18.6 Å². The van der Waals surface area contributed by atoms with E-state index in [-0.39, 0.29) is 11.1 Å². The van der Waals surface area contributed by atoms with Gasteiger partial charge in [0.15, 0.2) is 0 Å². The number of nitrogens with zero attached hydrogens (tertiary/aromatic N) is 1. The van der Waals surface area contributed by atoms with E-state index >= 15 is 0 Å². The monoisotopic (exact) mass is 306 g/mol. The highest BCUT2D eigenvalue weighted by atomic mass is 35.5. The number of hydrogen-bond donors (Lipinski definition) is 3. The van der Waals surface area contributed by atoms with Gasteiger partial charge in [0.05, 0.1) is 11.3 Å². The number of para-hydroxylation sites is 1. The number of nitriles is 1. The topological polar surface area (TPSA) is 108 Å². The summed E-state index contributed by atoms with van der Waals surface area (Å²) in [5.74, 6) is -0.681. The number of halogens is 1. The maximum Gasteiger partial charge on any atom is 0.263 e. The molecule has 0 bridgehead atoms. The lowest BCUT2D eigenvalue weighted by molar-refractivity contribution is -0.117. The van der Waals surface area contributed by atoms with Gasteiger partial charge in [0.2, 0.25) is 0 Å². The van der Waals surface area contributed by atoms with Gasteiger partial charge in [-0.05, 0) is 18.6 Å². The second kappa shape index (κ2) is 8.61. The van der Waals surface area contributed by atoms with Crippen molar-refractivity contribution in [3.05, 3.63) is 41.6 Å². The first-order chi connectivity index (χ1) is 10.1. The normalized spacial score (nSPS) is 10.6. The van der Waals surface area contributed by atoms with E-state index in [9.17, 15) is 9.59 Å². The lowest BCUT2D eigenvalue weighted by atomic mass is 10.1. The van der Waals surface area contributed by atoms with Gasteiger partial charge in [-0.25, -0.2) is 0 Å². The van der Waals surface area contributed by atoms with Crippen molar-refractivity contribution in [2.45, 2.75) is 6.42 Å². The van der Waals surface area contributed by atoms with Gasteiger partial charge in [-0.3, -0.25) is 9.59 Å². The summed E-state index contributed by atoms with van der Waals surface area (Å²) in [4.78, 5) is 23.0. The Bertz CT molecular complexity index is 593. The van der Waals surface area contributed by atoms with E-state index in [1.165, 1.54) is 6.20 Å². The SMILES string of the molecule is N#C/C(=C/Nc1ccccc1C(N)=O)C(=O)NCCCCl. The highest BCUT2D eigenvalue weighted by Crippen LogP contribution is 2.14. The van der Waals surface area contributed by atoms with Gasteiger partial charge in [-0.2, -0.15) is 5.26 Å². The molecule has 0 aliphatic rings. The van der Waals surface area contributed by atoms with Crippen LogP contribution < -0.4 is 16.4 Å². The standard InChI is InChI=1S/C14H15ClN4O2/c15-6-3-7-18-14(21)10(8-16)9-19-12-5-2-1-4-11(12)13(17)20/h1-2,4-5,9,19H,3,6-7H2,(H2,17,20)(H,18,21)/b10-9-. The zero-order chi connectivity index (χ0) is 15.7. The van der Waals surface area contributed by atoms with Crippen molar-refractivity contribution >= 4 is 29.1 Å². The van der Waals surface area contributed by atoms with Gasteiger partial charge < -0.3 is 16.4 Å². The summed E-state index contributed by atoms with van der Waals surface area (Å²) in [6.45, 7) is 0.388. The number of nitrogens with one attached hydrogen (secondary N) is 2. The number of nitrogens with two attached hydrogens (primary N) is 1. The zero-order valence-electron chi connectivity index (χ0n) is 11.2. The van der Waals surface area contributed by atoms with Crippen molar-refractivity contribution in [2.24, 2.45) is 5.73 Å². The summed E-state index contributed by atoms with van der Waals surface area (Å²) in [6, 6.07) is 8.32. The smallest absolute Gasteiger partial charge is 0.263 e. The number of primary amides is 1. The largest absolute Gasteiger partial charge is 0.366 e. The summed E-state index contributed by atoms with van der Waals surface area (Å²) >= 11 is 5.50. The fourth-order valence-electron chi connectivity index (χ4n) is 1.49. The van der Waals surface area contributed by atoms with Crippen LogP contribution in [0.3, 0.4) is 0 Å². The molecule has 1 aromatic carbocycles. The minimum absolute atomic E-state index is 0.108. The van der Waals surface area contributed by atoms with Crippen molar-refractivity contribution in [1.29, 1.82) is 5.26 Å². The molecule has 1 rings (SSSR count). The average Bonchev–Trinajstić information content (AvgIpc) is 2.48. The first-order valence-electron chi connectivity index (χ1n) is 6.20. The van der Waals surface area contributed by atoms with Crippen molar-refractivity contribution in [2.75, 3.05) is 17.7 Å². The molecular weight excluding hydrogens is 292 g/mol. The quantitative estimate of drug-likeness (QED) is 0.306. The molecule has 21 heavy (non-hydrogen) atoms. The van der Waals surface area contributed by atoms with Gasteiger partial charge in [0.1, 0.15) is 11.6 Å². The third kappa shape index (κ3) is 5.16. The highest BCUT2D eigenvalue weighted by molar-refractivity contribution is 6.17. The van der Waals surface area contributed by atoms with E-state index in [0.717, 1.165) is 0 Å². The van der Waals surface area contributed by atoms with Crippen LogP contribution in [-0.2, 0) is 4.79 Å². The number of carbonyl (C=O) groups is 2. The Balaban J connectivity index is 2.80. The molecule has 0 saturated carbocycles. The van der Waals surface area contributed by atoms with Crippen molar-refractivity contribution in [3.8, 4) is 6.07 Å². The molecule has 0 radical (unpaired) electrons. The molecule has 0 aliphatic carbocycles. The molecule has 0 aliphatic heterocycles. The molecule has 110 valence electrons. The highest BCUT2D eigenvalue weighted by Gasteiger charge is 2.09. The van der Waals surface area contributed by atoms with Crippen molar-refractivity contribution < 1.29 is 9.59 Å². The lowest BCUT2D eigenvalue weighted by Gasteiger charge is -2.07. The Kier molecular flexibility index (Phi) is 6.78. The third-order valence-electron chi connectivity index (χ3n) is 2.53. The van der Waals surface area contributed by atoms with E-state index in [2.05, 4.69) is 10.6 Å². The van der Waals surface area contributed by atoms with Gasteiger partial charge >= 0.3 is 0 Å². The first kappa shape index (κ1) is 16.5. The number of anilines is 1. The molecule has 0 spiro atoms. The molecule has 4 N–H and O–H groups in total. The predicted molar refractivity (Wildman–Crippen MR) is 80.6 cm³/mol. The molecule has 1 aromatic rings. The van der Waals surface area contributed by atoms with E-state index < -0.39 is 11.8 Å². The second-order valence-electron chi connectivity index (χ2n) is 4.02. The number of hydrogen-bond acceptors (Lipinski definition) is 4. The maximum absolute atomic E-state index is 11.7. The van der Waals surface area contributed by atoms with Crippen LogP contribution in [0.5, 0.6) is 0 Å². The van der Waals surface area contributed by atoms with Crippen molar-refractivity contribution in [3.63, 3.8) is 0 Å².